The molecule has 4 aliphatic rings. The van der Waals surface area contributed by atoms with Crippen LogP contribution in [0.4, 0.5) is 11.6 Å². The number of benzene rings is 12. The van der Waals surface area contributed by atoms with E-state index in [1.54, 1.807) is 94.1 Å². The molecule has 2 aromatic heterocycles. The Bertz CT molecular complexity index is 5360. The van der Waals surface area contributed by atoms with E-state index in [1.807, 2.05) is 0 Å². The standard InChI is InChI=1S/C80H48N8S8.Ga.H2O/c1-9-25-49(26-10-1)89-57-41-42-58(90-50-27-11-2-12-28-50)66-65(57)73-81-74(66)86-76-69-61(93-53-33-17-5-18-34-53)45-46-62(94-54-35-19-6-20-36-54)70(69)78(83-76)88-80-72-64(96-56-39-23-8-24-40-56)48-47-63(95-55-37-21-7-22-38-55)71(72)79(84-80)87-77-68-60(92-52-31-15-4-16-32-52)44-43-59(67(68)75(82-77)85-73)91-51-29-13-3-14-30-51;;/h1-48H;;1H2/q-2;+2;. The molecule has 18 rings (SSSR count). The topological polar surface area (TPSA) is 116 Å². The third kappa shape index (κ3) is 12.2. The van der Waals surface area contributed by atoms with Crippen LogP contribution in [0.15, 0.2) is 399 Å². The first-order valence-corrected chi connectivity index (χ1v) is 40.0. The van der Waals surface area contributed by atoms with E-state index in [2.05, 4.69) is 298 Å². The van der Waals surface area contributed by atoms with Gasteiger partial charge in [0.25, 0.3) is 0 Å². The summed E-state index contributed by atoms with van der Waals surface area (Å²) in [6.45, 7) is 0. The first-order valence-electron chi connectivity index (χ1n) is 31.3. The molecule has 98 heavy (non-hydrogen) atoms. The van der Waals surface area contributed by atoms with E-state index < -0.39 is 17.9 Å². The Hall–Kier alpha value is -8.60. The fourth-order valence-electron chi connectivity index (χ4n) is 12.2. The van der Waals surface area contributed by atoms with E-state index in [0.29, 0.717) is 23.3 Å². The van der Waals surface area contributed by atoms with Crippen molar-refractivity contribution >= 4 is 169 Å². The fourth-order valence-corrected chi connectivity index (χ4v) is 23.0. The molecule has 12 aromatic carbocycles. The molecule has 0 atom stereocenters. The molecule has 14 aromatic rings. The van der Waals surface area contributed by atoms with Crippen LogP contribution in [0.25, 0.3) is 21.5 Å². The molecule has 467 valence electrons. The normalized spacial score (nSPS) is 13.0. The van der Waals surface area contributed by atoms with Crippen molar-refractivity contribution < 1.29 is 5.48 Å². The summed E-state index contributed by atoms with van der Waals surface area (Å²) in [4.78, 5) is 53.6. The van der Waals surface area contributed by atoms with Crippen molar-refractivity contribution in [3.8, 4) is 0 Å². The van der Waals surface area contributed by atoms with Gasteiger partial charge in [-0.2, -0.15) is 0 Å². The van der Waals surface area contributed by atoms with Crippen molar-refractivity contribution in [2.45, 2.75) is 78.3 Å². The fraction of sp³-hybridized carbons (Fsp3) is 0. The average Bonchev–Trinajstić information content (AvgIpc) is 1.55. The van der Waals surface area contributed by atoms with Gasteiger partial charge in [-0.1, -0.05) is 0 Å². The number of fused-ring (bicyclic) bond motifs is 14. The molecule has 4 aliphatic heterocycles. The Kier molecular flexibility index (Phi) is 17.7. The van der Waals surface area contributed by atoms with Gasteiger partial charge in [0.2, 0.25) is 0 Å². The van der Waals surface area contributed by atoms with Crippen LogP contribution in [0.3, 0.4) is 0 Å². The Morgan fingerprint density at radius 3 is 0.653 bits per heavy atom. The molecule has 0 aliphatic carbocycles. The van der Waals surface area contributed by atoms with E-state index in [-0.39, 0.29) is 5.48 Å². The summed E-state index contributed by atoms with van der Waals surface area (Å²) in [5, 5.41) is 3.94. The zero-order valence-corrected chi connectivity index (χ0v) is 60.6. The summed E-state index contributed by atoms with van der Waals surface area (Å²) in [6, 6.07) is 104. The van der Waals surface area contributed by atoms with Crippen LogP contribution in [0.1, 0.15) is 22.3 Å². The minimum absolute atomic E-state index is 0. The molecule has 1 radical (unpaired) electrons. The van der Waals surface area contributed by atoms with Crippen molar-refractivity contribution in [1.29, 1.82) is 0 Å². The molecule has 6 heterocycles. The second-order valence-corrected chi connectivity index (χ2v) is 34.3. The zero-order valence-electron chi connectivity index (χ0n) is 51.6. The van der Waals surface area contributed by atoms with Gasteiger partial charge >= 0.3 is 608 Å². The number of amidine groups is 4. The molecule has 0 spiro atoms. The number of aromatic nitrogens is 2. The van der Waals surface area contributed by atoms with Gasteiger partial charge in [0.05, 0.1) is 0 Å². The summed E-state index contributed by atoms with van der Waals surface area (Å²) in [7, 11) is 0. The summed E-state index contributed by atoms with van der Waals surface area (Å²) in [6.07, 6.45) is 0. The molecule has 0 unspecified atom stereocenters. The predicted octanol–water partition coefficient (Wildman–Crippen LogP) is 20.9. The van der Waals surface area contributed by atoms with Crippen LogP contribution in [-0.2, 0) is 0 Å². The third-order valence-corrected chi connectivity index (χ3v) is 28.1. The summed E-state index contributed by atoms with van der Waals surface area (Å²) in [5.41, 5.74) is 5.27. The summed E-state index contributed by atoms with van der Waals surface area (Å²) >= 11 is 11.6. The van der Waals surface area contributed by atoms with Crippen molar-refractivity contribution in [3.05, 3.63) is 324 Å². The van der Waals surface area contributed by atoms with Crippen LogP contribution in [-0.4, -0.2) is 53.3 Å². The third-order valence-electron chi connectivity index (χ3n) is 16.5. The van der Waals surface area contributed by atoms with Crippen LogP contribution < -0.4 is 11.0 Å². The van der Waals surface area contributed by atoms with E-state index in [9.17, 15) is 0 Å². The molecule has 6 bridgehead atoms. The molecule has 0 amide bonds. The van der Waals surface area contributed by atoms with E-state index in [4.69, 9.17) is 30.0 Å². The maximum absolute atomic E-state index is 6.18. The molecule has 9 nitrogen and oxygen atoms in total. The summed E-state index contributed by atoms with van der Waals surface area (Å²) in [5.74, 6) is 3.91. The molecule has 0 saturated carbocycles. The van der Waals surface area contributed by atoms with Crippen molar-refractivity contribution in [3.63, 3.8) is 0 Å². The molecular weight excluding hydrogens is 1420 g/mol. The number of hydrogen-bond donors (Lipinski definition) is 0. The van der Waals surface area contributed by atoms with Gasteiger partial charge in [0.1, 0.15) is 0 Å². The Morgan fingerprint density at radius 1 is 0.204 bits per heavy atom. The molecule has 2 N–H and O–H groups in total. The SMILES string of the molecule is O.c1ccc(Sc2ccc(Sc3ccccc3)c3c2C2=NC3=Nc3c4c(Sc5ccccc5)ccc(Sc5ccccc5)c4c4[n]3[Ga][n]3c(c5c(Sc6ccccc6)ccc(Sc6ccccc6)c5c3=NC3=NC(=N4)c4c(Sc5ccccc5)ccc(Sc5ccccc5)c43)=N2)cc1. The maximum atomic E-state index is 6.18. The molecule has 0 saturated heterocycles. The molecular formula is C80H50GaN8OS8. The van der Waals surface area contributed by atoms with Crippen molar-refractivity contribution in [2.75, 3.05) is 0 Å². The van der Waals surface area contributed by atoms with Gasteiger partial charge in [0, 0.05) is 0 Å². The number of hydrogen-bond acceptors (Lipinski definition) is 14. The number of rotatable bonds is 16. The van der Waals surface area contributed by atoms with Crippen LogP contribution in [0.5, 0.6) is 0 Å². The van der Waals surface area contributed by atoms with E-state index in [0.717, 1.165) is 145 Å². The van der Waals surface area contributed by atoms with Crippen molar-refractivity contribution in [1.82, 2.24) is 6.55 Å². The molecule has 18 heteroatoms. The number of aliphatic imine (C=N–C) groups is 4. The first kappa shape index (κ1) is 62.9. The van der Waals surface area contributed by atoms with Crippen LogP contribution in [0.2, 0.25) is 0 Å². The van der Waals surface area contributed by atoms with E-state index >= 15 is 0 Å². The van der Waals surface area contributed by atoms with Gasteiger partial charge in [0.15, 0.2) is 0 Å². The minimum atomic E-state index is -2.25. The second kappa shape index (κ2) is 27.6. The molecule has 0 fully saturated rings. The number of nitrogens with zero attached hydrogens (tertiary/aromatic N) is 8. The predicted molar refractivity (Wildman–Crippen MR) is 409 cm³/mol. The van der Waals surface area contributed by atoms with Gasteiger partial charge in [-0.3, -0.25) is 0 Å². The quantitative estimate of drug-likeness (QED) is 0.0879. The first-order chi connectivity index (χ1) is 48.0. The van der Waals surface area contributed by atoms with Gasteiger partial charge in [-0.15, -0.1) is 0 Å². The van der Waals surface area contributed by atoms with Gasteiger partial charge in [-0.05, 0) is 0 Å². The average molecular weight is 1470 g/mol. The summed E-state index contributed by atoms with van der Waals surface area (Å²) < 4.78 is 4.97. The second-order valence-electron chi connectivity index (χ2n) is 22.7. The van der Waals surface area contributed by atoms with Crippen LogP contribution >= 0.6 is 94.1 Å². The van der Waals surface area contributed by atoms with Gasteiger partial charge in [-0.25, -0.2) is 0 Å². The Labute approximate surface area is 607 Å². The Morgan fingerprint density at radius 2 is 0.408 bits per heavy atom. The van der Waals surface area contributed by atoms with Crippen molar-refractivity contribution in [2.24, 2.45) is 30.0 Å². The van der Waals surface area contributed by atoms with E-state index in [1.165, 1.54) is 0 Å². The monoisotopic (exact) mass is 1460 g/mol. The van der Waals surface area contributed by atoms with Crippen LogP contribution in [0, 0.1) is 0 Å². The Balaban J connectivity index is 0.00000722. The van der Waals surface area contributed by atoms with Gasteiger partial charge < -0.3 is 5.48 Å². The zero-order chi connectivity index (χ0) is 64.2.